The monoisotopic (exact) mass is 361 g/mol. The molecule has 1 aromatic heterocycles. The van der Waals surface area contributed by atoms with Crippen molar-refractivity contribution in [3.05, 3.63) is 84.2 Å². The first-order valence-corrected chi connectivity index (χ1v) is 8.94. The van der Waals surface area contributed by atoms with E-state index in [0.717, 1.165) is 30.0 Å². The molecule has 1 heterocycles. The Morgan fingerprint density at radius 3 is 2.37 bits per heavy atom. The van der Waals surface area contributed by atoms with Crippen LogP contribution in [0.2, 0.25) is 0 Å². The summed E-state index contributed by atoms with van der Waals surface area (Å²) in [6.07, 6.45) is 3.50. The van der Waals surface area contributed by atoms with Gasteiger partial charge >= 0.3 is 0 Å². The minimum atomic E-state index is -0.154. The molecule has 0 saturated carbocycles. The first-order valence-electron chi connectivity index (χ1n) is 8.94. The Morgan fingerprint density at radius 1 is 0.963 bits per heavy atom. The second-order valence-corrected chi connectivity index (χ2v) is 6.13. The van der Waals surface area contributed by atoms with Crippen LogP contribution in [0.4, 0.5) is 11.4 Å². The molecule has 0 atom stereocenters. The van der Waals surface area contributed by atoms with Gasteiger partial charge in [-0.1, -0.05) is 30.3 Å². The third kappa shape index (κ3) is 5.57. The van der Waals surface area contributed by atoms with E-state index in [1.165, 1.54) is 5.56 Å². The van der Waals surface area contributed by atoms with Gasteiger partial charge in [0.05, 0.1) is 19.0 Å². The quantitative estimate of drug-likeness (QED) is 0.590. The smallest absolute Gasteiger partial charge is 0.269 e. The highest BCUT2D eigenvalue weighted by Crippen LogP contribution is 2.19. The van der Waals surface area contributed by atoms with Crippen LogP contribution in [0.25, 0.3) is 0 Å². The zero-order chi connectivity index (χ0) is 18.9. The van der Waals surface area contributed by atoms with Gasteiger partial charge in [0.25, 0.3) is 5.91 Å². The van der Waals surface area contributed by atoms with Crippen molar-refractivity contribution in [2.75, 3.05) is 19.0 Å². The Labute approximate surface area is 159 Å². The fourth-order valence-electron chi connectivity index (χ4n) is 2.67. The van der Waals surface area contributed by atoms with Gasteiger partial charge < -0.3 is 15.4 Å². The maximum atomic E-state index is 12.2. The molecule has 3 rings (SSSR count). The normalized spacial score (nSPS) is 10.3. The maximum absolute atomic E-state index is 12.2. The number of aromatic nitrogens is 1. The number of methoxy groups -OCH3 is 1. The third-order valence-electron chi connectivity index (χ3n) is 4.15. The van der Waals surface area contributed by atoms with Crippen molar-refractivity contribution in [1.82, 2.24) is 10.3 Å². The number of carbonyl (C=O) groups excluding carboxylic acids is 1. The van der Waals surface area contributed by atoms with Crippen molar-refractivity contribution in [3.63, 3.8) is 0 Å². The van der Waals surface area contributed by atoms with Crippen LogP contribution >= 0.6 is 0 Å². The highest BCUT2D eigenvalue weighted by atomic mass is 16.5. The zero-order valence-electron chi connectivity index (χ0n) is 15.3. The largest absolute Gasteiger partial charge is 0.497 e. The zero-order valence-corrected chi connectivity index (χ0v) is 15.3. The van der Waals surface area contributed by atoms with Crippen LogP contribution < -0.4 is 15.4 Å². The van der Waals surface area contributed by atoms with E-state index in [1.807, 2.05) is 48.5 Å². The van der Waals surface area contributed by atoms with Crippen molar-refractivity contribution in [1.29, 1.82) is 0 Å². The number of pyridine rings is 1. The molecule has 0 fully saturated rings. The number of ether oxygens (including phenoxy) is 1. The number of aryl methyl sites for hydroxylation is 1. The molecule has 0 spiro atoms. The number of amides is 1. The van der Waals surface area contributed by atoms with Gasteiger partial charge in [0, 0.05) is 12.2 Å². The standard InChI is InChI=1S/C22H23N3O2/c1-27-20-12-9-18(10-13-20)25-19-11-14-21(24-16-19)22(26)23-15-5-8-17-6-3-2-4-7-17/h2-4,6-7,9-14,16,25H,5,8,15H2,1H3,(H,23,26). The molecule has 2 aromatic carbocycles. The Kier molecular flexibility index (Phi) is 6.41. The van der Waals surface area contributed by atoms with E-state index >= 15 is 0 Å². The lowest BCUT2D eigenvalue weighted by atomic mass is 10.1. The third-order valence-corrected chi connectivity index (χ3v) is 4.15. The average Bonchev–Trinajstić information content (AvgIpc) is 2.73. The second-order valence-electron chi connectivity index (χ2n) is 6.13. The van der Waals surface area contributed by atoms with Gasteiger partial charge in [-0.25, -0.2) is 4.98 Å². The molecule has 0 bridgehead atoms. The summed E-state index contributed by atoms with van der Waals surface area (Å²) in [6.45, 7) is 0.626. The Balaban J connectivity index is 1.46. The molecule has 0 saturated heterocycles. The molecular weight excluding hydrogens is 338 g/mol. The van der Waals surface area contributed by atoms with E-state index < -0.39 is 0 Å². The maximum Gasteiger partial charge on any atom is 0.269 e. The number of hydrogen-bond acceptors (Lipinski definition) is 4. The summed E-state index contributed by atoms with van der Waals surface area (Å²) in [5.41, 5.74) is 3.44. The summed E-state index contributed by atoms with van der Waals surface area (Å²) in [5, 5.41) is 6.16. The van der Waals surface area contributed by atoms with Crippen molar-refractivity contribution in [3.8, 4) is 5.75 Å². The van der Waals surface area contributed by atoms with Crippen molar-refractivity contribution < 1.29 is 9.53 Å². The molecule has 27 heavy (non-hydrogen) atoms. The summed E-state index contributed by atoms with van der Waals surface area (Å²) >= 11 is 0. The van der Waals surface area contributed by atoms with E-state index in [1.54, 1.807) is 19.4 Å². The van der Waals surface area contributed by atoms with Crippen molar-refractivity contribution in [2.45, 2.75) is 12.8 Å². The van der Waals surface area contributed by atoms with Gasteiger partial charge in [-0.15, -0.1) is 0 Å². The lowest BCUT2D eigenvalue weighted by molar-refractivity contribution is 0.0948. The number of hydrogen-bond donors (Lipinski definition) is 2. The van der Waals surface area contributed by atoms with E-state index in [2.05, 4.69) is 27.8 Å². The SMILES string of the molecule is COc1ccc(Nc2ccc(C(=O)NCCCc3ccccc3)nc2)cc1. The minimum absolute atomic E-state index is 0.154. The van der Waals surface area contributed by atoms with E-state index in [4.69, 9.17) is 4.74 Å². The van der Waals surface area contributed by atoms with Gasteiger partial charge in [-0.05, 0) is 54.8 Å². The van der Waals surface area contributed by atoms with Gasteiger partial charge in [0.15, 0.2) is 0 Å². The van der Waals surface area contributed by atoms with Crippen LogP contribution in [0.3, 0.4) is 0 Å². The highest BCUT2D eigenvalue weighted by molar-refractivity contribution is 5.92. The summed E-state index contributed by atoms with van der Waals surface area (Å²) in [5.74, 6) is 0.650. The summed E-state index contributed by atoms with van der Waals surface area (Å²) in [6, 6.07) is 21.4. The van der Waals surface area contributed by atoms with Crippen molar-refractivity contribution in [2.24, 2.45) is 0 Å². The molecule has 0 radical (unpaired) electrons. The molecule has 0 aliphatic rings. The predicted molar refractivity (Wildman–Crippen MR) is 108 cm³/mol. The van der Waals surface area contributed by atoms with Gasteiger partial charge in [-0.2, -0.15) is 0 Å². The fourth-order valence-corrected chi connectivity index (χ4v) is 2.67. The summed E-state index contributed by atoms with van der Waals surface area (Å²) < 4.78 is 5.14. The Morgan fingerprint density at radius 2 is 1.70 bits per heavy atom. The molecule has 0 aliphatic heterocycles. The van der Waals surface area contributed by atoms with E-state index in [0.29, 0.717) is 12.2 Å². The first-order chi connectivity index (χ1) is 13.2. The molecule has 5 heteroatoms. The number of nitrogens with zero attached hydrogens (tertiary/aromatic N) is 1. The lowest BCUT2D eigenvalue weighted by Crippen LogP contribution is -2.25. The number of rotatable bonds is 8. The minimum Gasteiger partial charge on any atom is -0.497 e. The number of anilines is 2. The van der Waals surface area contributed by atoms with Crippen LogP contribution in [0.15, 0.2) is 72.9 Å². The summed E-state index contributed by atoms with van der Waals surface area (Å²) in [7, 11) is 1.64. The van der Waals surface area contributed by atoms with Crippen molar-refractivity contribution >= 4 is 17.3 Å². The Hall–Kier alpha value is -3.34. The predicted octanol–water partition coefficient (Wildman–Crippen LogP) is 4.20. The molecule has 0 unspecified atom stereocenters. The molecule has 2 N–H and O–H groups in total. The van der Waals surface area contributed by atoms with E-state index in [9.17, 15) is 4.79 Å². The van der Waals surface area contributed by atoms with Crippen LogP contribution in [0, 0.1) is 0 Å². The fraction of sp³-hybridized carbons (Fsp3) is 0.182. The van der Waals surface area contributed by atoms with Crippen LogP contribution in [-0.2, 0) is 6.42 Å². The molecule has 0 aliphatic carbocycles. The topological polar surface area (TPSA) is 63.2 Å². The number of nitrogens with one attached hydrogen (secondary N) is 2. The summed E-state index contributed by atoms with van der Waals surface area (Å²) in [4.78, 5) is 16.4. The molecule has 138 valence electrons. The number of carbonyl (C=O) groups is 1. The van der Waals surface area contributed by atoms with Crippen LogP contribution in [0.5, 0.6) is 5.75 Å². The Bertz CT molecular complexity index is 847. The van der Waals surface area contributed by atoms with Crippen LogP contribution in [0.1, 0.15) is 22.5 Å². The van der Waals surface area contributed by atoms with Gasteiger partial charge in [0.1, 0.15) is 11.4 Å². The van der Waals surface area contributed by atoms with Gasteiger partial charge in [-0.3, -0.25) is 4.79 Å². The van der Waals surface area contributed by atoms with Gasteiger partial charge in [0.2, 0.25) is 0 Å². The first kappa shape index (κ1) is 18.5. The number of benzene rings is 2. The molecule has 1 amide bonds. The highest BCUT2D eigenvalue weighted by Gasteiger charge is 2.06. The lowest BCUT2D eigenvalue weighted by Gasteiger charge is -2.08. The molecule has 5 nitrogen and oxygen atoms in total. The second kappa shape index (κ2) is 9.38. The molecule has 3 aromatic rings. The van der Waals surface area contributed by atoms with Crippen LogP contribution in [-0.4, -0.2) is 24.5 Å². The molecular formula is C22H23N3O2. The average molecular weight is 361 g/mol. The van der Waals surface area contributed by atoms with E-state index in [-0.39, 0.29) is 5.91 Å².